The Hall–Kier alpha value is -1.67. The van der Waals surface area contributed by atoms with Gasteiger partial charge in [0.15, 0.2) is 0 Å². The summed E-state index contributed by atoms with van der Waals surface area (Å²) in [4.78, 5) is 1.38. The number of aromatic nitrogens is 1. The lowest BCUT2D eigenvalue weighted by molar-refractivity contribution is 1.21. The van der Waals surface area contributed by atoms with Crippen LogP contribution in [0, 0.1) is 0 Å². The lowest BCUT2D eigenvalue weighted by atomic mass is 10.1. The fourth-order valence-corrected chi connectivity index (χ4v) is 3.48. The Kier molecular flexibility index (Phi) is 1.88. The van der Waals surface area contributed by atoms with Crippen molar-refractivity contribution in [1.29, 1.82) is 0 Å². The predicted octanol–water partition coefficient (Wildman–Crippen LogP) is 4.38. The van der Waals surface area contributed by atoms with Crippen LogP contribution in [0.5, 0.6) is 0 Å². The summed E-state index contributed by atoms with van der Waals surface area (Å²) in [6.07, 6.45) is 9.94. The number of benzene rings is 1. The van der Waals surface area contributed by atoms with E-state index in [2.05, 4.69) is 58.6 Å². The summed E-state index contributed by atoms with van der Waals surface area (Å²) >= 11 is 1.84. The molecular weight excluding hydrogens is 226 g/mol. The van der Waals surface area contributed by atoms with Gasteiger partial charge in [-0.1, -0.05) is 30.4 Å². The van der Waals surface area contributed by atoms with Crippen LogP contribution in [-0.4, -0.2) is 3.97 Å². The Morgan fingerprint density at radius 3 is 3.12 bits per heavy atom. The number of hydrogen-bond donors (Lipinski definition) is 0. The van der Waals surface area contributed by atoms with Gasteiger partial charge in [0.05, 0.1) is 11.2 Å². The van der Waals surface area contributed by atoms with Crippen LogP contribution in [0.1, 0.15) is 12.1 Å². The molecule has 1 aromatic heterocycles. The van der Waals surface area contributed by atoms with E-state index in [1.54, 1.807) is 0 Å². The van der Waals surface area contributed by atoms with Crippen LogP contribution in [0.2, 0.25) is 0 Å². The third kappa shape index (κ3) is 1.34. The van der Waals surface area contributed by atoms with Gasteiger partial charge in [-0.15, -0.1) is 0 Å². The molecule has 0 atom stereocenters. The van der Waals surface area contributed by atoms with Crippen molar-refractivity contribution >= 4 is 28.9 Å². The van der Waals surface area contributed by atoms with E-state index in [1.807, 2.05) is 11.9 Å². The van der Waals surface area contributed by atoms with Crippen molar-refractivity contribution < 1.29 is 0 Å². The molecule has 0 amide bonds. The first-order valence-corrected chi connectivity index (χ1v) is 6.56. The van der Waals surface area contributed by atoms with E-state index in [9.17, 15) is 0 Å². The highest BCUT2D eigenvalue weighted by Gasteiger charge is 2.18. The second kappa shape index (κ2) is 3.41. The molecule has 2 aromatic rings. The average Bonchev–Trinajstić information content (AvgIpc) is 2.73. The maximum absolute atomic E-state index is 2.32. The summed E-state index contributed by atoms with van der Waals surface area (Å²) < 4.78 is 2.32. The molecule has 1 aliphatic carbocycles. The lowest BCUT2D eigenvalue weighted by Gasteiger charge is -2.20. The van der Waals surface area contributed by atoms with Gasteiger partial charge in [0, 0.05) is 10.3 Å². The summed E-state index contributed by atoms with van der Waals surface area (Å²) in [7, 11) is 0. The fraction of sp³-hybridized carbons (Fsp3) is 0.0667. The van der Waals surface area contributed by atoms with E-state index in [0.29, 0.717) is 0 Å². The maximum atomic E-state index is 2.32. The molecule has 0 saturated carbocycles. The van der Waals surface area contributed by atoms with E-state index in [1.165, 1.54) is 27.1 Å². The molecule has 2 heteroatoms. The number of rotatable bonds is 0. The second-order valence-corrected chi connectivity index (χ2v) is 5.33. The summed E-state index contributed by atoms with van der Waals surface area (Å²) in [6.45, 7) is 0. The van der Waals surface area contributed by atoms with Crippen molar-refractivity contribution in [3.8, 4) is 0 Å². The van der Waals surface area contributed by atoms with Crippen LogP contribution in [0.4, 0.5) is 0 Å². The van der Waals surface area contributed by atoms with Gasteiger partial charge < -0.3 is 0 Å². The molecule has 1 aromatic carbocycles. The van der Waals surface area contributed by atoms with E-state index in [4.69, 9.17) is 0 Å². The summed E-state index contributed by atoms with van der Waals surface area (Å²) in [6, 6.07) is 10.8. The van der Waals surface area contributed by atoms with Gasteiger partial charge in [0.2, 0.25) is 0 Å². The number of allylic oxidation sites excluding steroid dienone is 4. The second-order valence-electron chi connectivity index (χ2n) is 4.35. The normalized spacial score (nSPS) is 17.4. The molecule has 4 rings (SSSR count). The zero-order valence-corrected chi connectivity index (χ0v) is 10.1. The molecule has 0 fully saturated rings. The topological polar surface area (TPSA) is 4.93 Å². The summed E-state index contributed by atoms with van der Waals surface area (Å²) in [5, 5.41) is 1.32. The van der Waals surface area contributed by atoms with Crippen LogP contribution >= 0.6 is 11.9 Å². The SMILES string of the molecule is C1=CCC2=Cc3cc4ccccc4n3SC2=C1. The molecule has 0 N–H and O–H groups in total. The first-order valence-electron chi connectivity index (χ1n) is 5.78. The van der Waals surface area contributed by atoms with Crippen molar-refractivity contribution in [3.05, 3.63) is 64.7 Å². The largest absolute Gasteiger partial charge is 0.280 e. The highest BCUT2D eigenvalue weighted by atomic mass is 32.2. The van der Waals surface area contributed by atoms with Crippen LogP contribution in [0.3, 0.4) is 0 Å². The number of fused-ring (bicyclic) bond motifs is 4. The van der Waals surface area contributed by atoms with Gasteiger partial charge in [0.25, 0.3) is 0 Å². The van der Waals surface area contributed by atoms with E-state index < -0.39 is 0 Å². The number of hydrogen-bond acceptors (Lipinski definition) is 1. The maximum Gasteiger partial charge on any atom is 0.0601 e. The average molecular weight is 237 g/mol. The lowest BCUT2D eigenvalue weighted by Crippen LogP contribution is -2.01. The third-order valence-corrected chi connectivity index (χ3v) is 4.43. The van der Waals surface area contributed by atoms with Gasteiger partial charge in [-0.3, -0.25) is 3.97 Å². The number of nitrogens with zero attached hydrogens (tertiary/aromatic N) is 1. The van der Waals surface area contributed by atoms with Gasteiger partial charge in [-0.25, -0.2) is 0 Å². The van der Waals surface area contributed by atoms with Crippen LogP contribution in [0.25, 0.3) is 17.0 Å². The Morgan fingerprint density at radius 1 is 1.18 bits per heavy atom. The molecule has 82 valence electrons. The van der Waals surface area contributed by atoms with E-state index in [0.717, 1.165) is 6.42 Å². The Morgan fingerprint density at radius 2 is 2.12 bits per heavy atom. The summed E-state index contributed by atoms with van der Waals surface area (Å²) in [5.74, 6) is 0. The smallest absolute Gasteiger partial charge is 0.0601 e. The minimum atomic E-state index is 1.06. The van der Waals surface area contributed by atoms with E-state index >= 15 is 0 Å². The van der Waals surface area contributed by atoms with Gasteiger partial charge >= 0.3 is 0 Å². The molecule has 0 bridgehead atoms. The molecule has 0 spiro atoms. The Labute approximate surface area is 104 Å². The Balaban J connectivity index is 2.00. The van der Waals surface area contributed by atoms with Crippen LogP contribution in [0.15, 0.2) is 59.0 Å². The fourth-order valence-electron chi connectivity index (χ4n) is 2.41. The molecule has 0 unspecified atom stereocenters. The van der Waals surface area contributed by atoms with Crippen molar-refractivity contribution in [2.75, 3.05) is 0 Å². The quantitative estimate of drug-likeness (QED) is 0.658. The van der Waals surface area contributed by atoms with Gasteiger partial charge in [-0.05, 0) is 48.2 Å². The first-order chi connectivity index (χ1) is 8.42. The van der Waals surface area contributed by atoms with Gasteiger partial charge in [0.1, 0.15) is 0 Å². The monoisotopic (exact) mass is 237 g/mol. The van der Waals surface area contributed by atoms with Crippen molar-refractivity contribution in [2.45, 2.75) is 6.42 Å². The zero-order chi connectivity index (χ0) is 11.2. The minimum Gasteiger partial charge on any atom is -0.280 e. The van der Waals surface area contributed by atoms with E-state index in [-0.39, 0.29) is 0 Å². The summed E-state index contributed by atoms with van der Waals surface area (Å²) in [5.41, 5.74) is 4.05. The highest BCUT2D eigenvalue weighted by molar-refractivity contribution is 8.02. The molecule has 2 aliphatic rings. The standard InChI is InChI=1S/C15H11NS/c1-3-7-14-11(5-1)9-13-10-12-6-2-4-8-15(12)17-16(13)14/h1-5,7-10H,6H2. The molecule has 1 nitrogen and oxygen atoms in total. The van der Waals surface area contributed by atoms with Crippen molar-refractivity contribution in [2.24, 2.45) is 0 Å². The molecule has 1 aliphatic heterocycles. The zero-order valence-electron chi connectivity index (χ0n) is 9.26. The predicted molar refractivity (Wildman–Crippen MR) is 74.7 cm³/mol. The molecular formula is C15H11NS. The van der Waals surface area contributed by atoms with Crippen molar-refractivity contribution in [1.82, 2.24) is 3.97 Å². The van der Waals surface area contributed by atoms with Crippen LogP contribution in [-0.2, 0) is 0 Å². The van der Waals surface area contributed by atoms with Gasteiger partial charge in [-0.2, -0.15) is 0 Å². The number of para-hydroxylation sites is 1. The molecule has 0 radical (unpaired) electrons. The Bertz CT molecular complexity index is 701. The minimum absolute atomic E-state index is 1.06. The molecule has 2 heterocycles. The molecule has 0 saturated heterocycles. The molecule has 17 heavy (non-hydrogen) atoms. The van der Waals surface area contributed by atoms with Crippen molar-refractivity contribution in [3.63, 3.8) is 0 Å². The first kappa shape index (κ1) is 9.37. The highest BCUT2D eigenvalue weighted by Crippen LogP contribution is 2.40. The van der Waals surface area contributed by atoms with Crippen LogP contribution < -0.4 is 0 Å². The third-order valence-electron chi connectivity index (χ3n) is 3.24.